The van der Waals surface area contributed by atoms with Gasteiger partial charge in [0.05, 0.1) is 0 Å². The second-order valence-electron chi connectivity index (χ2n) is 7.28. The van der Waals surface area contributed by atoms with Crippen molar-refractivity contribution in [3.05, 3.63) is 6.33 Å². The summed E-state index contributed by atoms with van der Waals surface area (Å²) in [5, 5.41) is 3.51. The summed E-state index contributed by atoms with van der Waals surface area (Å²) in [5.74, 6) is 2.81. The van der Waals surface area contributed by atoms with Gasteiger partial charge in [0.1, 0.15) is 12.0 Å². The number of aromatic nitrogens is 2. The molecule has 0 aromatic carbocycles. The van der Waals surface area contributed by atoms with E-state index >= 15 is 0 Å². The average Bonchev–Trinajstić information content (AvgIpc) is 2.92. The number of hydrogen-bond acceptors (Lipinski definition) is 5. The Bertz CT molecular complexity index is 456. The molecule has 3 N–H and O–H groups in total. The molecule has 1 aromatic heterocycles. The van der Waals surface area contributed by atoms with Crippen LogP contribution in [0.5, 0.6) is 0 Å². The van der Waals surface area contributed by atoms with E-state index in [0.29, 0.717) is 23.6 Å². The van der Waals surface area contributed by atoms with Crippen LogP contribution >= 0.6 is 0 Å². The average molecular weight is 305 g/mol. The molecule has 22 heavy (non-hydrogen) atoms. The predicted octanol–water partition coefficient (Wildman–Crippen LogP) is 3.53. The molecule has 1 heterocycles. The topological polar surface area (TPSA) is 67.1 Å². The third kappa shape index (κ3) is 4.49. The smallest absolute Gasteiger partial charge is 0.157 e. The summed E-state index contributed by atoms with van der Waals surface area (Å²) in [6.45, 7) is 10.8. The van der Waals surface area contributed by atoms with Crippen LogP contribution < -0.4 is 16.0 Å². The third-order valence-electron chi connectivity index (χ3n) is 4.03. The van der Waals surface area contributed by atoms with Gasteiger partial charge in [-0.3, -0.25) is 0 Å². The van der Waals surface area contributed by atoms with Crippen molar-refractivity contribution in [1.82, 2.24) is 9.97 Å². The molecule has 5 heteroatoms. The van der Waals surface area contributed by atoms with Crippen LogP contribution in [0.15, 0.2) is 6.33 Å². The molecule has 0 saturated heterocycles. The van der Waals surface area contributed by atoms with Gasteiger partial charge in [-0.2, -0.15) is 0 Å². The van der Waals surface area contributed by atoms with E-state index in [4.69, 9.17) is 5.73 Å². The maximum atomic E-state index is 6.38. The Labute approximate surface area is 134 Å². The lowest BCUT2D eigenvalue weighted by atomic mass is 10.1. The van der Waals surface area contributed by atoms with Gasteiger partial charge in [-0.15, -0.1) is 0 Å². The van der Waals surface area contributed by atoms with E-state index in [-0.39, 0.29) is 0 Å². The van der Waals surface area contributed by atoms with Crippen LogP contribution in [0.25, 0.3) is 0 Å². The lowest BCUT2D eigenvalue weighted by Gasteiger charge is -2.29. The van der Waals surface area contributed by atoms with Gasteiger partial charge in [-0.05, 0) is 24.7 Å². The molecule has 0 atom stereocenters. The maximum absolute atomic E-state index is 6.38. The van der Waals surface area contributed by atoms with Gasteiger partial charge in [0.15, 0.2) is 11.6 Å². The molecular formula is C17H31N5. The number of rotatable bonds is 7. The minimum Gasteiger partial charge on any atom is -0.393 e. The number of nitrogens with zero attached hydrogens (tertiary/aromatic N) is 3. The van der Waals surface area contributed by atoms with Crippen molar-refractivity contribution < 1.29 is 0 Å². The Morgan fingerprint density at radius 1 is 1.14 bits per heavy atom. The van der Waals surface area contributed by atoms with Crippen LogP contribution in [-0.2, 0) is 0 Å². The first kappa shape index (κ1) is 16.8. The Kier molecular flexibility index (Phi) is 5.86. The Morgan fingerprint density at radius 3 is 2.27 bits per heavy atom. The zero-order valence-corrected chi connectivity index (χ0v) is 14.5. The van der Waals surface area contributed by atoms with Crippen LogP contribution in [0.2, 0.25) is 0 Å². The number of nitrogen functional groups attached to an aromatic ring is 1. The summed E-state index contributed by atoms with van der Waals surface area (Å²) in [7, 11) is 0. The lowest BCUT2D eigenvalue weighted by Crippen LogP contribution is -2.33. The SMILES string of the molecule is CC(C)CN(CC(C)C)c1ncnc(NC2CCCC2)c1N. The summed E-state index contributed by atoms with van der Waals surface area (Å²) in [6, 6.07) is 0.508. The van der Waals surface area contributed by atoms with Crippen molar-refractivity contribution in [2.75, 3.05) is 29.0 Å². The number of anilines is 3. The molecule has 1 saturated carbocycles. The largest absolute Gasteiger partial charge is 0.393 e. The second-order valence-corrected chi connectivity index (χ2v) is 7.28. The highest BCUT2D eigenvalue weighted by Crippen LogP contribution is 2.30. The van der Waals surface area contributed by atoms with E-state index in [1.54, 1.807) is 6.33 Å². The fourth-order valence-electron chi connectivity index (χ4n) is 3.15. The quantitative estimate of drug-likeness (QED) is 0.806. The van der Waals surface area contributed by atoms with Gasteiger partial charge in [0.25, 0.3) is 0 Å². The molecule has 1 aliphatic rings. The Morgan fingerprint density at radius 2 is 1.73 bits per heavy atom. The molecule has 1 aliphatic carbocycles. The van der Waals surface area contributed by atoms with Crippen LogP contribution in [0.1, 0.15) is 53.4 Å². The first-order valence-corrected chi connectivity index (χ1v) is 8.59. The number of nitrogens with one attached hydrogen (secondary N) is 1. The zero-order valence-electron chi connectivity index (χ0n) is 14.5. The van der Waals surface area contributed by atoms with E-state index in [2.05, 4.69) is 47.9 Å². The van der Waals surface area contributed by atoms with Gasteiger partial charge in [0, 0.05) is 19.1 Å². The zero-order chi connectivity index (χ0) is 16.1. The monoisotopic (exact) mass is 305 g/mol. The first-order valence-electron chi connectivity index (χ1n) is 8.59. The molecule has 1 fully saturated rings. The molecule has 0 bridgehead atoms. The molecule has 0 unspecified atom stereocenters. The van der Waals surface area contributed by atoms with E-state index in [1.807, 2.05) is 0 Å². The highest BCUT2D eigenvalue weighted by atomic mass is 15.2. The van der Waals surface area contributed by atoms with Gasteiger partial charge >= 0.3 is 0 Å². The van der Waals surface area contributed by atoms with Crippen LogP contribution in [-0.4, -0.2) is 29.1 Å². The minimum absolute atomic E-state index is 0.508. The van der Waals surface area contributed by atoms with Gasteiger partial charge in [0.2, 0.25) is 0 Å². The van der Waals surface area contributed by atoms with Crippen molar-refractivity contribution in [3.8, 4) is 0 Å². The third-order valence-corrected chi connectivity index (χ3v) is 4.03. The van der Waals surface area contributed by atoms with Gasteiger partial charge < -0.3 is 16.0 Å². The van der Waals surface area contributed by atoms with Crippen molar-refractivity contribution in [2.45, 2.75) is 59.4 Å². The van der Waals surface area contributed by atoms with E-state index in [9.17, 15) is 0 Å². The fraction of sp³-hybridized carbons (Fsp3) is 0.765. The van der Waals surface area contributed by atoms with Crippen LogP contribution in [0.4, 0.5) is 17.3 Å². The van der Waals surface area contributed by atoms with E-state index in [0.717, 1.165) is 24.7 Å². The van der Waals surface area contributed by atoms with Crippen molar-refractivity contribution in [1.29, 1.82) is 0 Å². The summed E-state index contributed by atoms with van der Waals surface area (Å²) in [6.07, 6.45) is 6.64. The molecule has 5 nitrogen and oxygen atoms in total. The lowest BCUT2D eigenvalue weighted by molar-refractivity contribution is 0.549. The van der Waals surface area contributed by atoms with Gasteiger partial charge in [-0.25, -0.2) is 9.97 Å². The molecule has 1 aromatic rings. The van der Waals surface area contributed by atoms with Crippen molar-refractivity contribution in [2.24, 2.45) is 11.8 Å². The molecule has 0 amide bonds. The second kappa shape index (κ2) is 7.65. The van der Waals surface area contributed by atoms with Crippen LogP contribution in [0.3, 0.4) is 0 Å². The molecule has 124 valence electrons. The molecule has 2 rings (SSSR count). The molecule has 0 radical (unpaired) electrons. The first-order chi connectivity index (χ1) is 10.5. The summed E-state index contributed by atoms with van der Waals surface area (Å²) in [5.41, 5.74) is 7.08. The summed E-state index contributed by atoms with van der Waals surface area (Å²) >= 11 is 0. The number of hydrogen-bond donors (Lipinski definition) is 2. The Balaban J connectivity index is 2.19. The van der Waals surface area contributed by atoms with E-state index in [1.165, 1.54) is 25.7 Å². The molecule has 0 aliphatic heterocycles. The maximum Gasteiger partial charge on any atom is 0.157 e. The fourth-order valence-corrected chi connectivity index (χ4v) is 3.15. The Hall–Kier alpha value is -1.52. The molecule has 0 spiro atoms. The highest BCUT2D eigenvalue weighted by molar-refractivity contribution is 5.75. The predicted molar refractivity (Wildman–Crippen MR) is 94.2 cm³/mol. The van der Waals surface area contributed by atoms with Crippen molar-refractivity contribution in [3.63, 3.8) is 0 Å². The highest BCUT2D eigenvalue weighted by Gasteiger charge is 2.20. The van der Waals surface area contributed by atoms with Gasteiger partial charge in [-0.1, -0.05) is 40.5 Å². The van der Waals surface area contributed by atoms with Crippen LogP contribution in [0, 0.1) is 11.8 Å². The standard InChI is InChI=1S/C17H31N5/c1-12(2)9-22(10-13(3)4)17-15(18)16(19-11-20-17)21-14-7-5-6-8-14/h11-14H,5-10,18H2,1-4H3,(H,19,20,21). The normalized spacial score (nSPS) is 15.7. The minimum atomic E-state index is 0.508. The molecular weight excluding hydrogens is 274 g/mol. The summed E-state index contributed by atoms with van der Waals surface area (Å²) < 4.78 is 0. The summed E-state index contributed by atoms with van der Waals surface area (Å²) in [4.78, 5) is 11.1. The van der Waals surface area contributed by atoms with E-state index < -0.39 is 0 Å². The number of nitrogens with two attached hydrogens (primary N) is 1. The van der Waals surface area contributed by atoms with Crippen molar-refractivity contribution >= 4 is 17.3 Å².